The molecule has 7 nitrogen and oxygen atoms in total. The third kappa shape index (κ3) is 1.95. The molecule has 0 spiro atoms. The Balaban J connectivity index is 1.75. The average Bonchev–Trinajstić information content (AvgIpc) is 3.14. The van der Waals surface area contributed by atoms with E-state index in [0.717, 1.165) is 33.4 Å². The number of hydrogen-bond acceptors (Lipinski definition) is 5. The minimum atomic E-state index is 0.535. The van der Waals surface area contributed by atoms with E-state index in [4.69, 9.17) is 0 Å². The second-order valence-electron chi connectivity index (χ2n) is 4.68. The second-order valence-corrected chi connectivity index (χ2v) is 4.68. The molecule has 0 unspecified atom stereocenters. The molecule has 4 rings (SSSR count). The van der Waals surface area contributed by atoms with Crippen LogP contribution in [0.15, 0.2) is 36.7 Å². The summed E-state index contributed by atoms with van der Waals surface area (Å²) in [5, 5.41) is 15.3. The van der Waals surface area contributed by atoms with E-state index in [1.807, 2.05) is 37.5 Å². The summed E-state index contributed by atoms with van der Waals surface area (Å²) in [6, 6.07) is 7.89. The number of nitrogens with one attached hydrogen (secondary N) is 4. The van der Waals surface area contributed by atoms with Crippen LogP contribution in [0.2, 0.25) is 0 Å². The van der Waals surface area contributed by atoms with Gasteiger partial charge in [-0.1, -0.05) is 0 Å². The predicted molar refractivity (Wildman–Crippen MR) is 82.8 cm³/mol. The van der Waals surface area contributed by atoms with Crippen LogP contribution < -0.4 is 10.6 Å². The molecule has 104 valence electrons. The zero-order chi connectivity index (χ0) is 14.2. The average molecular weight is 279 g/mol. The van der Waals surface area contributed by atoms with Gasteiger partial charge in [-0.15, -0.1) is 0 Å². The quantitative estimate of drug-likeness (QED) is 0.462. The Morgan fingerprint density at radius 3 is 3.00 bits per heavy atom. The lowest BCUT2D eigenvalue weighted by atomic mass is 10.2. The maximum Gasteiger partial charge on any atom is 0.231 e. The number of H-pyrrole nitrogens is 2. The van der Waals surface area contributed by atoms with Crippen molar-refractivity contribution in [2.24, 2.45) is 0 Å². The Kier molecular flexibility index (Phi) is 2.50. The van der Waals surface area contributed by atoms with Gasteiger partial charge in [-0.05, 0) is 24.3 Å². The summed E-state index contributed by atoms with van der Waals surface area (Å²) in [4.78, 5) is 12.0. The molecule has 0 aliphatic heterocycles. The molecule has 3 aromatic heterocycles. The zero-order valence-electron chi connectivity index (χ0n) is 11.3. The highest BCUT2D eigenvalue weighted by Gasteiger charge is 2.08. The minimum Gasteiger partial charge on any atom is -0.372 e. The number of anilines is 3. The Labute approximate surface area is 119 Å². The number of benzene rings is 1. The van der Waals surface area contributed by atoms with Crippen molar-refractivity contribution in [1.82, 2.24) is 25.1 Å². The van der Waals surface area contributed by atoms with E-state index in [1.165, 1.54) is 0 Å². The molecule has 0 atom stereocenters. The molecular formula is C14H13N7. The van der Waals surface area contributed by atoms with E-state index in [9.17, 15) is 0 Å². The highest BCUT2D eigenvalue weighted by molar-refractivity contribution is 5.88. The topological polar surface area (TPSA) is 94.3 Å². The van der Waals surface area contributed by atoms with Crippen molar-refractivity contribution in [2.75, 3.05) is 17.7 Å². The third-order valence-corrected chi connectivity index (χ3v) is 3.35. The second kappa shape index (κ2) is 4.48. The molecule has 3 heterocycles. The van der Waals surface area contributed by atoms with Crippen LogP contribution in [0.4, 0.5) is 17.5 Å². The van der Waals surface area contributed by atoms with Gasteiger partial charge < -0.3 is 15.6 Å². The van der Waals surface area contributed by atoms with E-state index in [0.29, 0.717) is 5.95 Å². The number of fused-ring (bicyclic) bond motifs is 2. The van der Waals surface area contributed by atoms with Crippen molar-refractivity contribution >= 4 is 39.4 Å². The van der Waals surface area contributed by atoms with Gasteiger partial charge in [0.25, 0.3) is 0 Å². The Morgan fingerprint density at radius 1 is 1.14 bits per heavy atom. The van der Waals surface area contributed by atoms with Gasteiger partial charge in [0.1, 0.15) is 11.5 Å². The standard InChI is InChI=1S/C14H13N7/c1-15-12-10-4-5-16-13(10)20-14(19-12)18-9-3-2-8-7-17-21-11(8)6-9/h2-7H,1H3,(H,17,21)(H3,15,16,18,19,20). The van der Waals surface area contributed by atoms with Crippen molar-refractivity contribution in [1.29, 1.82) is 0 Å². The van der Waals surface area contributed by atoms with E-state index in [2.05, 4.69) is 35.8 Å². The van der Waals surface area contributed by atoms with Crippen molar-refractivity contribution in [3.05, 3.63) is 36.7 Å². The first-order valence-electron chi connectivity index (χ1n) is 6.56. The first-order chi connectivity index (χ1) is 10.3. The lowest BCUT2D eigenvalue weighted by molar-refractivity contribution is 1.12. The summed E-state index contributed by atoms with van der Waals surface area (Å²) in [5.74, 6) is 1.32. The summed E-state index contributed by atoms with van der Waals surface area (Å²) >= 11 is 0. The number of nitrogens with zero attached hydrogens (tertiary/aromatic N) is 3. The lowest BCUT2D eigenvalue weighted by Crippen LogP contribution is -2.01. The number of hydrogen-bond donors (Lipinski definition) is 4. The fourth-order valence-corrected chi connectivity index (χ4v) is 2.33. The van der Waals surface area contributed by atoms with Crippen molar-refractivity contribution in [3.63, 3.8) is 0 Å². The van der Waals surface area contributed by atoms with Crippen LogP contribution in [0.3, 0.4) is 0 Å². The maximum atomic E-state index is 4.48. The van der Waals surface area contributed by atoms with Crippen LogP contribution >= 0.6 is 0 Å². The predicted octanol–water partition coefficient (Wildman–Crippen LogP) is 2.62. The van der Waals surface area contributed by atoms with E-state index in [1.54, 1.807) is 6.20 Å². The Morgan fingerprint density at radius 2 is 2.10 bits per heavy atom. The molecule has 0 amide bonds. The summed E-state index contributed by atoms with van der Waals surface area (Å²) in [7, 11) is 1.84. The van der Waals surface area contributed by atoms with Gasteiger partial charge in [-0.3, -0.25) is 5.10 Å². The smallest absolute Gasteiger partial charge is 0.231 e. The van der Waals surface area contributed by atoms with Crippen LogP contribution in [-0.4, -0.2) is 32.2 Å². The SMILES string of the molecule is CNc1nc(Nc2ccc3cn[nH]c3c2)nc2[nH]ccc12. The lowest BCUT2D eigenvalue weighted by Gasteiger charge is -2.07. The zero-order valence-corrected chi connectivity index (χ0v) is 11.3. The summed E-state index contributed by atoms with van der Waals surface area (Å²) < 4.78 is 0. The van der Waals surface area contributed by atoms with Crippen LogP contribution in [0.5, 0.6) is 0 Å². The van der Waals surface area contributed by atoms with Crippen molar-refractivity contribution < 1.29 is 0 Å². The first-order valence-corrected chi connectivity index (χ1v) is 6.56. The third-order valence-electron chi connectivity index (χ3n) is 3.35. The fraction of sp³-hybridized carbons (Fsp3) is 0.0714. The van der Waals surface area contributed by atoms with Gasteiger partial charge in [0.05, 0.1) is 17.1 Å². The van der Waals surface area contributed by atoms with Gasteiger partial charge in [0.15, 0.2) is 0 Å². The Bertz CT molecular complexity index is 921. The highest BCUT2D eigenvalue weighted by atomic mass is 15.2. The highest BCUT2D eigenvalue weighted by Crippen LogP contribution is 2.23. The Hall–Kier alpha value is -3.09. The molecular weight excluding hydrogens is 266 g/mol. The number of aromatic amines is 2. The summed E-state index contributed by atoms with van der Waals surface area (Å²) in [6.45, 7) is 0. The van der Waals surface area contributed by atoms with Crippen LogP contribution in [0, 0.1) is 0 Å². The van der Waals surface area contributed by atoms with Crippen molar-refractivity contribution in [3.8, 4) is 0 Å². The molecule has 4 aromatic rings. The fourth-order valence-electron chi connectivity index (χ4n) is 2.33. The molecule has 0 saturated heterocycles. The largest absolute Gasteiger partial charge is 0.372 e. The van der Waals surface area contributed by atoms with Gasteiger partial charge >= 0.3 is 0 Å². The van der Waals surface area contributed by atoms with Gasteiger partial charge in [0.2, 0.25) is 5.95 Å². The normalized spacial score (nSPS) is 11.1. The molecule has 7 heteroatoms. The van der Waals surface area contributed by atoms with Crippen LogP contribution in [0.25, 0.3) is 21.9 Å². The molecule has 0 fully saturated rings. The van der Waals surface area contributed by atoms with E-state index < -0.39 is 0 Å². The maximum absolute atomic E-state index is 4.48. The molecule has 0 radical (unpaired) electrons. The molecule has 1 aromatic carbocycles. The van der Waals surface area contributed by atoms with Crippen molar-refractivity contribution in [2.45, 2.75) is 0 Å². The monoisotopic (exact) mass is 279 g/mol. The molecule has 0 bridgehead atoms. The molecule has 0 aliphatic rings. The first kappa shape index (κ1) is 11.7. The molecule has 4 N–H and O–H groups in total. The van der Waals surface area contributed by atoms with Crippen LogP contribution in [-0.2, 0) is 0 Å². The summed E-state index contributed by atoms with van der Waals surface area (Å²) in [6.07, 6.45) is 3.64. The minimum absolute atomic E-state index is 0.535. The summed E-state index contributed by atoms with van der Waals surface area (Å²) in [5.41, 5.74) is 2.66. The van der Waals surface area contributed by atoms with Gasteiger partial charge in [-0.25, -0.2) is 0 Å². The van der Waals surface area contributed by atoms with Crippen LogP contribution in [0.1, 0.15) is 0 Å². The van der Waals surface area contributed by atoms with E-state index >= 15 is 0 Å². The van der Waals surface area contributed by atoms with Gasteiger partial charge in [0, 0.05) is 24.3 Å². The molecule has 0 saturated carbocycles. The molecule has 21 heavy (non-hydrogen) atoms. The number of rotatable bonds is 3. The molecule has 0 aliphatic carbocycles. The van der Waals surface area contributed by atoms with Gasteiger partial charge in [-0.2, -0.15) is 15.1 Å². The van der Waals surface area contributed by atoms with E-state index in [-0.39, 0.29) is 0 Å². The number of aromatic nitrogens is 5.